The highest BCUT2D eigenvalue weighted by molar-refractivity contribution is 6.89. The molecular weight excluding hydrogens is 711 g/mol. The molecule has 0 saturated carbocycles. The van der Waals surface area contributed by atoms with Crippen LogP contribution in [0.3, 0.4) is 0 Å². The fourth-order valence-electron chi connectivity index (χ4n) is 7.06. The largest absolute Gasteiger partial charge is 0.208 e. The molecule has 56 heavy (non-hydrogen) atoms. The van der Waals surface area contributed by atoms with Crippen molar-refractivity contribution >= 4 is 26.5 Å². The third kappa shape index (κ3) is 8.15. The van der Waals surface area contributed by atoms with Gasteiger partial charge in [0.15, 0.2) is 17.5 Å². The maximum Gasteiger partial charge on any atom is 0.164 e. The van der Waals surface area contributed by atoms with Crippen LogP contribution in [0.15, 0.2) is 176 Å². The van der Waals surface area contributed by atoms with E-state index in [9.17, 15) is 0 Å². The Kier molecular flexibility index (Phi) is 10.1. The molecule has 0 N–H and O–H groups in total. The second-order valence-corrected chi connectivity index (χ2v) is 26.8. The molecule has 0 saturated heterocycles. The summed E-state index contributed by atoms with van der Waals surface area (Å²) in [7, 11) is -2.88. The zero-order valence-electron chi connectivity index (χ0n) is 33.1. The molecule has 8 aromatic rings. The van der Waals surface area contributed by atoms with Crippen LogP contribution in [0.4, 0.5) is 0 Å². The first kappa shape index (κ1) is 36.9. The van der Waals surface area contributed by atoms with E-state index < -0.39 is 16.1 Å². The van der Waals surface area contributed by atoms with Gasteiger partial charge in [0, 0.05) is 16.7 Å². The Morgan fingerprint density at radius 1 is 0.250 bits per heavy atom. The van der Waals surface area contributed by atoms with Crippen LogP contribution in [0.2, 0.25) is 39.3 Å². The maximum atomic E-state index is 5.05. The van der Waals surface area contributed by atoms with Gasteiger partial charge in [0.1, 0.15) is 0 Å². The zero-order chi connectivity index (χ0) is 38.9. The lowest BCUT2D eigenvalue weighted by molar-refractivity contribution is 1.07. The molecule has 0 bridgehead atoms. The molecule has 7 aromatic carbocycles. The molecule has 0 amide bonds. The number of hydrogen-bond acceptors (Lipinski definition) is 3. The maximum absolute atomic E-state index is 5.05. The van der Waals surface area contributed by atoms with E-state index >= 15 is 0 Å². The minimum absolute atomic E-state index is 0.669. The molecule has 0 fully saturated rings. The summed E-state index contributed by atoms with van der Waals surface area (Å²) < 4.78 is 0. The molecule has 0 spiro atoms. The van der Waals surface area contributed by atoms with Gasteiger partial charge in [-0.1, -0.05) is 213 Å². The fraction of sp³-hybridized carbons (Fsp3) is 0.118. The first-order valence-electron chi connectivity index (χ1n) is 19.4. The SMILES string of the molecule is C[Si](C)(C)c1ccc(-c2nc(-c3ccc(-c4cccc(-c5cccc(-c6ccc(-c7ccccc7)cc6)c5)c4)cc3)nc(-c3ccc([Si](C)(C)C)cc3)n2)cc1. The van der Waals surface area contributed by atoms with E-state index in [-0.39, 0.29) is 0 Å². The van der Waals surface area contributed by atoms with Gasteiger partial charge in [-0.2, -0.15) is 0 Å². The number of hydrogen-bond donors (Lipinski definition) is 0. The van der Waals surface area contributed by atoms with Crippen LogP contribution < -0.4 is 10.4 Å². The fourth-order valence-corrected chi connectivity index (χ4v) is 9.39. The van der Waals surface area contributed by atoms with Crippen molar-refractivity contribution in [3.05, 3.63) is 176 Å². The van der Waals surface area contributed by atoms with Crippen molar-refractivity contribution in [1.29, 1.82) is 0 Å². The first-order chi connectivity index (χ1) is 27.0. The third-order valence-corrected chi connectivity index (χ3v) is 14.6. The standard InChI is InChI=1S/C51H47N3Si2/c1-55(2,3)47-30-26-41(27-31-47)50-52-49(53-51(54-50)42-28-32-48(33-29-42)56(4,5)6)40-24-22-39(23-25-40)44-15-11-17-46(35-44)45-16-10-14-43(34-45)38-20-18-37(19-21-38)36-12-8-7-9-13-36/h7-35H,1-6H3. The summed E-state index contributed by atoms with van der Waals surface area (Å²) in [6.07, 6.45) is 0. The van der Waals surface area contributed by atoms with Crippen LogP contribution in [0.25, 0.3) is 78.7 Å². The molecule has 0 atom stereocenters. The van der Waals surface area contributed by atoms with Gasteiger partial charge in [-0.3, -0.25) is 0 Å². The number of rotatable bonds is 9. The molecule has 1 aromatic heterocycles. The summed E-state index contributed by atoms with van der Waals surface area (Å²) in [5, 5.41) is 2.83. The van der Waals surface area contributed by atoms with Crippen molar-refractivity contribution in [1.82, 2.24) is 15.0 Å². The molecule has 0 unspecified atom stereocenters. The summed E-state index contributed by atoms with van der Waals surface area (Å²) >= 11 is 0. The van der Waals surface area contributed by atoms with Gasteiger partial charge in [0.25, 0.3) is 0 Å². The van der Waals surface area contributed by atoms with E-state index in [0.29, 0.717) is 17.5 Å². The van der Waals surface area contributed by atoms with E-state index in [0.717, 1.165) is 27.8 Å². The Balaban J connectivity index is 1.09. The van der Waals surface area contributed by atoms with Crippen LogP contribution in [0.1, 0.15) is 0 Å². The lowest BCUT2D eigenvalue weighted by atomic mass is 9.95. The highest BCUT2D eigenvalue weighted by Gasteiger charge is 2.19. The molecule has 0 aliphatic heterocycles. The van der Waals surface area contributed by atoms with Crippen molar-refractivity contribution in [2.75, 3.05) is 0 Å². The number of benzene rings is 7. The minimum atomic E-state index is -1.44. The Morgan fingerprint density at radius 3 is 0.839 bits per heavy atom. The van der Waals surface area contributed by atoms with Crippen LogP contribution >= 0.6 is 0 Å². The highest BCUT2D eigenvalue weighted by atomic mass is 28.3. The van der Waals surface area contributed by atoms with Crippen molar-refractivity contribution in [2.45, 2.75) is 39.3 Å². The monoisotopic (exact) mass is 757 g/mol. The van der Waals surface area contributed by atoms with Gasteiger partial charge in [-0.25, -0.2) is 15.0 Å². The van der Waals surface area contributed by atoms with E-state index in [1.54, 1.807) is 0 Å². The number of aromatic nitrogens is 3. The van der Waals surface area contributed by atoms with Crippen LogP contribution in [-0.2, 0) is 0 Å². The molecule has 274 valence electrons. The summed E-state index contributed by atoms with van der Waals surface area (Å²) in [6, 6.07) is 63.2. The predicted molar refractivity (Wildman–Crippen MR) is 244 cm³/mol. The Labute approximate surface area is 333 Å². The van der Waals surface area contributed by atoms with Gasteiger partial charge < -0.3 is 0 Å². The van der Waals surface area contributed by atoms with Crippen molar-refractivity contribution in [3.63, 3.8) is 0 Å². The first-order valence-corrected chi connectivity index (χ1v) is 26.4. The number of nitrogens with zero attached hydrogens (tertiary/aromatic N) is 3. The molecule has 0 aliphatic rings. The van der Waals surface area contributed by atoms with E-state index in [4.69, 9.17) is 15.0 Å². The van der Waals surface area contributed by atoms with Crippen molar-refractivity contribution in [2.24, 2.45) is 0 Å². The molecular formula is C51H47N3Si2. The summed E-state index contributed by atoms with van der Waals surface area (Å²) in [5.41, 5.74) is 12.5. The second kappa shape index (κ2) is 15.3. The van der Waals surface area contributed by atoms with Crippen LogP contribution in [-0.4, -0.2) is 31.1 Å². The summed E-state index contributed by atoms with van der Waals surface area (Å²) in [6.45, 7) is 14.2. The Morgan fingerprint density at radius 2 is 0.500 bits per heavy atom. The van der Waals surface area contributed by atoms with E-state index in [1.807, 2.05) is 0 Å². The molecule has 0 radical (unpaired) electrons. The van der Waals surface area contributed by atoms with Gasteiger partial charge in [0.2, 0.25) is 0 Å². The van der Waals surface area contributed by atoms with Crippen molar-refractivity contribution < 1.29 is 0 Å². The average molecular weight is 758 g/mol. The molecule has 0 aliphatic carbocycles. The van der Waals surface area contributed by atoms with E-state index in [1.165, 1.54) is 43.8 Å². The van der Waals surface area contributed by atoms with Gasteiger partial charge in [-0.05, 0) is 56.6 Å². The lowest BCUT2D eigenvalue weighted by Gasteiger charge is -2.17. The Bertz CT molecular complexity index is 2530. The summed E-state index contributed by atoms with van der Waals surface area (Å²) in [5.74, 6) is 2.04. The van der Waals surface area contributed by atoms with Gasteiger partial charge >= 0.3 is 0 Å². The van der Waals surface area contributed by atoms with Gasteiger partial charge in [-0.15, -0.1) is 0 Å². The van der Waals surface area contributed by atoms with Crippen LogP contribution in [0.5, 0.6) is 0 Å². The smallest absolute Gasteiger partial charge is 0.164 e. The molecule has 3 nitrogen and oxygen atoms in total. The third-order valence-electron chi connectivity index (χ3n) is 10.5. The second-order valence-electron chi connectivity index (χ2n) is 16.6. The van der Waals surface area contributed by atoms with Gasteiger partial charge in [0.05, 0.1) is 16.1 Å². The molecule has 8 rings (SSSR count). The highest BCUT2D eigenvalue weighted by Crippen LogP contribution is 2.32. The minimum Gasteiger partial charge on any atom is -0.208 e. The predicted octanol–water partition coefficient (Wildman–Crippen LogP) is 12.6. The molecule has 5 heteroatoms. The lowest BCUT2D eigenvalue weighted by Crippen LogP contribution is -2.37. The summed E-state index contributed by atoms with van der Waals surface area (Å²) in [4.78, 5) is 15.1. The quantitative estimate of drug-likeness (QED) is 0.138. The normalized spacial score (nSPS) is 11.8. The van der Waals surface area contributed by atoms with Crippen molar-refractivity contribution in [3.8, 4) is 78.7 Å². The Hall–Kier alpha value is -6.02. The average Bonchev–Trinajstić information content (AvgIpc) is 3.23. The van der Waals surface area contributed by atoms with Crippen LogP contribution in [0, 0.1) is 0 Å². The molecule has 1 heterocycles. The zero-order valence-corrected chi connectivity index (χ0v) is 35.1. The van der Waals surface area contributed by atoms with E-state index in [2.05, 4.69) is 215 Å². The topological polar surface area (TPSA) is 38.7 Å².